The summed E-state index contributed by atoms with van der Waals surface area (Å²) in [5.74, 6) is 0.951. The molecule has 1 heterocycles. The van der Waals surface area contributed by atoms with E-state index in [1.165, 1.54) is 5.56 Å². The molecule has 0 atom stereocenters. The van der Waals surface area contributed by atoms with Crippen LogP contribution in [0.1, 0.15) is 25.2 Å². The van der Waals surface area contributed by atoms with Crippen molar-refractivity contribution in [3.05, 3.63) is 23.7 Å². The van der Waals surface area contributed by atoms with E-state index >= 15 is 0 Å². The summed E-state index contributed by atoms with van der Waals surface area (Å²) in [5, 5.41) is 9.62. The van der Waals surface area contributed by atoms with Gasteiger partial charge < -0.3 is 9.52 Å². The summed E-state index contributed by atoms with van der Waals surface area (Å²) in [6.07, 6.45) is 1.70. The fourth-order valence-corrected chi connectivity index (χ4v) is 1.58. The Morgan fingerprint density at radius 2 is 2.14 bits per heavy atom. The third kappa shape index (κ3) is 3.52. The molecule has 1 N–H and O–H groups in total. The molecule has 0 unspecified atom stereocenters. The minimum Gasteiger partial charge on any atom is -0.469 e. The number of hydrogen-bond donors (Lipinski definition) is 1. The van der Waals surface area contributed by atoms with Gasteiger partial charge in [-0.1, -0.05) is 0 Å². The number of aliphatic hydroxyl groups is 1. The highest BCUT2D eigenvalue weighted by atomic mass is 16.3. The quantitative estimate of drug-likeness (QED) is 0.799. The Bertz CT molecular complexity index is 286. The molecule has 1 aromatic rings. The first-order valence-electron chi connectivity index (χ1n) is 4.82. The summed E-state index contributed by atoms with van der Waals surface area (Å²) >= 11 is 0. The molecule has 0 radical (unpaired) electrons. The molecule has 3 nitrogen and oxygen atoms in total. The standard InChI is InChI=1S/C11H19NO2/c1-9-10(5-6-14-9)7-12(4)8-11(2,3)13/h5-6,13H,7-8H2,1-4H3. The van der Waals surface area contributed by atoms with Gasteiger partial charge in [0.25, 0.3) is 0 Å². The summed E-state index contributed by atoms with van der Waals surface area (Å²) < 4.78 is 5.21. The Morgan fingerprint density at radius 3 is 2.57 bits per heavy atom. The van der Waals surface area contributed by atoms with Gasteiger partial charge in [-0.25, -0.2) is 0 Å². The normalized spacial score (nSPS) is 12.4. The Kier molecular flexibility index (Phi) is 3.34. The predicted octanol–water partition coefficient (Wildman–Crippen LogP) is 1.79. The topological polar surface area (TPSA) is 36.6 Å². The number of furan rings is 1. The van der Waals surface area contributed by atoms with E-state index in [2.05, 4.69) is 4.90 Å². The Labute approximate surface area is 85.3 Å². The maximum atomic E-state index is 9.62. The van der Waals surface area contributed by atoms with Crippen LogP contribution in [0, 0.1) is 6.92 Å². The van der Waals surface area contributed by atoms with Gasteiger partial charge in [-0.3, -0.25) is 4.90 Å². The lowest BCUT2D eigenvalue weighted by Gasteiger charge is -2.25. The molecule has 1 rings (SSSR count). The smallest absolute Gasteiger partial charge is 0.105 e. The van der Waals surface area contributed by atoms with Crippen LogP contribution < -0.4 is 0 Å². The minimum atomic E-state index is -0.646. The van der Waals surface area contributed by atoms with Gasteiger partial charge in [-0.15, -0.1) is 0 Å². The SMILES string of the molecule is Cc1occc1CN(C)CC(C)(C)O. The third-order valence-electron chi connectivity index (χ3n) is 2.06. The molecule has 3 heteroatoms. The maximum absolute atomic E-state index is 9.62. The number of rotatable bonds is 4. The van der Waals surface area contributed by atoms with E-state index < -0.39 is 5.60 Å². The van der Waals surface area contributed by atoms with E-state index in [1.54, 1.807) is 6.26 Å². The van der Waals surface area contributed by atoms with Crippen LogP contribution in [-0.4, -0.2) is 29.2 Å². The monoisotopic (exact) mass is 197 g/mol. The van der Waals surface area contributed by atoms with Crippen molar-refractivity contribution in [3.63, 3.8) is 0 Å². The Morgan fingerprint density at radius 1 is 1.50 bits per heavy atom. The van der Waals surface area contributed by atoms with E-state index in [9.17, 15) is 5.11 Å². The van der Waals surface area contributed by atoms with Gasteiger partial charge in [-0.2, -0.15) is 0 Å². The van der Waals surface area contributed by atoms with Crippen molar-refractivity contribution in [2.24, 2.45) is 0 Å². The van der Waals surface area contributed by atoms with Gasteiger partial charge in [0.1, 0.15) is 5.76 Å². The van der Waals surface area contributed by atoms with E-state index in [0.717, 1.165) is 12.3 Å². The molecule has 0 saturated carbocycles. The van der Waals surface area contributed by atoms with Crippen LogP contribution in [0.4, 0.5) is 0 Å². The van der Waals surface area contributed by atoms with Crippen LogP contribution in [0.5, 0.6) is 0 Å². The van der Waals surface area contributed by atoms with Gasteiger partial charge in [0.2, 0.25) is 0 Å². The zero-order valence-corrected chi connectivity index (χ0v) is 9.37. The maximum Gasteiger partial charge on any atom is 0.105 e. The van der Waals surface area contributed by atoms with Crippen molar-refractivity contribution < 1.29 is 9.52 Å². The van der Waals surface area contributed by atoms with Gasteiger partial charge >= 0.3 is 0 Å². The summed E-state index contributed by atoms with van der Waals surface area (Å²) in [5.41, 5.74) is 0.531. The zero-order chi connectivity index (χ0) is 10.8. The largest absolute Gasteiger partial charge is 0.469 e. The molecular weight excluding hydrogens is 178 g/mol. The number of aryl methyl sites for hydroxylation is 1. The molecule has 0 bridgehead atoms. The highest BCUT2D eigenvalue weighted by Crippen LogP contribution is 2.12. The average Bonchev–Trinajstić information content (AvgIpc) is 2.32. The highest BCUT2D eigenvalue weighted by Gasteiger charge is 2.16. The van der Waals surface area contributed by atoms with E-state index in [0.29, 0.717) is 6.54 Å². The molecule has 0 aliphatic carbocycles. The van der Waals surface area contributed by atoms with Gasteiger partial charge in [-0.05, 0) is 33.9 Å². The molecule has 14 heavy (non-hydrogen) atoms. The lowest BCUT2D eigenvalue weighted by Crippen LogP contribution is -2.35. The lowest BCUT2D eigenvalue weighted by molar-refractivity contribution is 0.0423. The Balaban J connectivity index is 2.50. The van der Waals surface area contributed by atoms with Crippen molar-refractivity contribution in [1.82, 2.24) is 4.90 Å². The van der Waals surface area contributed by atoms with Crippen molar-refractivity contribution in [3.8, 4) is 0 Å². The summed E-state index contributed by atoms with van der Waals surface area (Å²) in [7, 11) is 1.99. The molecule has 80 valence electrons. The fourth-order valence-electron chi connectivity index (χ4n) is 1.58. The van der Waals surface area contributed by atoms with Crippen LogP contribution in [0.15, 0.2) is 16.7 Å². The first-order chi connectivity index (χ1) is 6.38. The second kappa shape index (κ2) is 4.15. The van der Waals surface area contributed by atoms with Gasteiger partial charge in [0, 0.05) is 18.7 Å². The third-order valence-corrected chi connectivity index (χ3v) is 2.06. The van der Waals surface area contributed by atoms with Gasteiger partial charge in [0.05, 0.1) is 11.9 Å². The fraction of sp³-hybridized carbons (Fsp3) is 0.636. The molecular formula is C11H19NO2. The summed E-state index contributed by atoms with van der Waals surface area (Å²) in [6.45, 7) is 7.04. The van der Waals surface area contributed by atoms with Crippen LogP contribution >= 0.6 is 0 Å². The van der Waals surface area contributed by atoms with E-state index in [-0.39, 0.29) is 0 Å². The van der Waals surface area contributed by atoms with Crippen LogP contribution in [0.3, 0.4) is 0 Å². The number of nitrogens with zero attached hydrogens (tertiary/aromatic N) is 1. The molecule has 0 saturated heterocycles. The van der Waals surface area contributed by atoms with E-state index in [4.69, 9.17) is 4.42 Å². The molecule has 0 aliphatic rings. The van der Waals surface area contributed by atoms with Crippen molar-refractivity contribution in [2.75, 3.05) is 13.6 Å². The highest BCUT2D eigenvalue weighted by molar-refractivity contribution is 5.15. The first-order valence-corrected chi connectivity index (χ1v) is 4.82. The van der Waals surface area contributed by atoms with Crippen molar-refractivity contribution >= 4 is 0 Å². The van der Waals surface area contributed by atoms with Gasteiger partial charge in [0.15, 0.2) is 0 Å². The second-order valence-corrected chi connectivity index (χ2v) is 4.49. The molecule has 0 spiro atoms. The average molecular weight is 197 g/mol. The second-order valence-electron chi connectivity index (χ2n) is 4.49. The predicted molar refractivity (Wildman–Crippen MR) is 56.1 cm³/mol. The lowest BCUT2D eigenvalue weighted by atomic mass is 10.1. The van der Waals surface area contributed by atoms with Crippen LogP contribution in [0.25, 0.3) is 0 Å². The summed E-state index contributed by atoms with van der Waals surface area (Å²) in [4.78, 5) is 2.08. The molecule has 0 fully saturated rings. The van der Waals surface area contributed by atoms with Crippen molar-refractivity contribution in [2.45, 2.75) is 32.9 Å². The van der Waals surface area contributed by atoms with Crippen LogP contribution in [-0.2, 0) is 6.54 Å². The Hall–Kier alpha value is -0.800. The molecule has 0 amide bonds. The number of hydrogen-bond acceptors (Lipinski definition) is 3. The van der Waals surface area contributed by atoms with Crippen LogP contribution in [0.2, 0.25) is 0 Å². The summed E-state index contributed by atoms with van der Waals surface area (Å²) in [6, 6.07) is 1.97. The molecule has 0 aromatic carbocycles. The van der Waals surface area contributed by atoms with E-state index in [1.807, 2.05) is 33.9 Å². The molecule has 0 aliphatic heterocycles. The zero-order valence-electron chi connectivity index (χ0n) is 9.37. The molecule has 1 aromatic heterocycles. The first kappa shape index (κ1) is 11.3. The number of likely N-dealkylation sites (N-methyl/N-ethyl adjacent to an activating group) is 1. The van der Waals surface area contributed by atoms with Crippen molar-refractivity contribution in [1.29, 1.82) is 0 Å². The minimum absolute atomic E-state index is 0.646.